The minimum atomic E-state index is -0.536. The Labute approximate surface area is 103 Å². The third-order valence-corrected chi connectivity index (χ3v) is 2.32. The van der Waals surface area contributed by atoms with Gasteiger partial charge in [0.25, 0.3) is 0 Å². The lowest BCUT2D eigenvalue weighted by Gasteiger charge is -2.08. The summed E-state index contributed by atoms with van der Waals surface area (Å²) in [5.74, 6) is 0.0191. The minimum Gasteiger partial charge on any atom is -0.396 e. The maximum atomic E-state index is 13.6. The fourth-order valence-corrected chi connectivity index (χ4v) is 1.38. The Balaban J connectivity index is 2.29. The molecule has 5 N–H and O–H groups in total. The van der Waals surface area contributed by atoms with Gasteiger partial charge >= 0.3 is 0 Å². The van der Waals surface area contributed by atoms with Crippen molar-refractivity contribution in [3.05, 3.63) is 41.7 Å². The molecule has 1 heterocycles. The molecule has 0 aliphatic carbocycles. The first-order chi connectivity index (χ1) is 8.60. The summed E-state index contributed by atoms with van der Waals surface area (Å²) in [6, 6.07) is 9.13. The number of anilines is 4. The molecule has 0 aliphatic rings. The second-order valence-electron chi connectivity index (χ2n) is 3.60. The van der Waals surface area contributed by atoms with Gasteiger partial charge in [-0.05, 0) is 30.3 Å². The van der Waals surface area contributed by atoms with E-state index in [1.165, 1.54) is 12.1 Å². The molecule has 0 amide bonds. The van der Waals surface area contributed by atoms with Crippen molar-refractivity contribution < 1.29 is 4.39 Å². The van der Waals surface area contributed by atoms with Crippen LogP contribution in [0, 0.1) is 17.1 Å². The number of nitrogens with two attached hydrogens (primary N) is 2. The predicted octanol–water partition coefficient (Wildman–Crippen LogP) is 2.00. The number of hydrogen-bond acceptors (Lipinski definition) is 5. The first-order valence-corrected chi connectivity index (χ1v) is 5.09. The van der Waals surface area contributed by atoms with Crippen LogP contribution in [0.25, 0.3) is 0 Å². The van der Waals surface area contributed by atoms with Crippen molar-refractivity contribution in [1.82, 2.24) is 4.98 Å². The number of halogens is 1. The van der Waals surface area contributed by atoms with Crippen LogP contribution in [0.5, 0.6) is 0 Å². The number of nitrogens with one attached hydrogen (secondary N) is 1. The van der Waals surface area contributed by atoms with E-state index in [1.54, 1.807) is 12.1 Å². The molecule has 6 heteroatoms. The zero-order chi connectivity index (χ0) is 13.1. The lowest BCUT2D eigenvalue weighted by atomic mass is 10.2. The normalized spacial score (nSPS) is 9.78. The molecule has 90 valence electrons. The lowest BCUT2D eigenvalue weighted by Crippen LogP contribution is -2.02. The van der Waals surface area contributed by atoms with Crippen molar-refractivity contribution in [3.8, 4) is 6.07 Å². The number of nitrogen functional groups attached to an aromatic ring is 2. The fraction of sp³-hybridized carbons (Fsp3) is 0. The van der Waals surface area contributed by atoms with E-state index in [0.29, 0.717) is 11.5 Å². The van der Waals surface area contributed by atoms with Gasteiger partial charge in [0.1, 0.15) is 17.5 Å². The van der Waals surface area contributed by atoms with Gasteiger partial charge in [-0.2, -0.15) is 5.26 Å². The molecular formula is C12H10FN5. The summed E-state index contributed by atoms with van der Waals surface area (Å²) in [5.41, 5.74) is 11.9. The van der Waals surface area contributed by atoms with Crippen LogP contribution in [0.1, 0.15) is 5.56 Å². The topological polar surface area (TPSA) is 101 Å². The molecule has 2 rings (SSSR count). The van der Waals surface area contributed by atoms with E-state index in [9.17, 15) is 4.39 Å². The Morgan fingerprint density at radius 2 is 2.00 bits per heavy atom. The molecule has 5 nitrogen and oxygen atoms in total. The summed E-state index contributed by atoms with van der Waals surface area (Å²) < 4.78 is 13.6. The van der Waals surface area contributed by atoms with Crippen molar-refractivity contribution in [3.63, 3.8) is 0 Å². The van der Waals surface area contributed by atoms with E-state index in [4.69, 9.17) is 16.7 Å². The predicted molar refractivity (Wildman–Crippen MR) is 67.5 cm³/mol. The Hall–Kier alpha value is -2.81. The van der Waals surface area contributed by atoms with E-state index in [1.807, 2.05) is 6.07 Å². The first kappa shape index (κ1) is 11.7. The van der Waals surface area contributed by atoms with Gasteiger partial charge in [-0.1, -0.05) is 0 Å². The van der Waals surface area contributed by atoms with Crippen molar-refractivity contribution >= 4 is 23.0 Å². The molecule has 0 spiro atoms. The summed E-state index contributed by atoms with van der Waals surface area (Å²) in [4.78, 5) is 3.96. The van der Waals surface area contributed by atoms with Crippen LogP contribution in [0.4, 0.5) is 27.4 Å². The maximum absolute atomic E-state index is 13.6. The highest BCUT2D eigenvalue weighted by atomic mass is 19.1. The Bertz CT molecular complexity index is 633. The molecule has 1 aromatic heterocycles. The number of hydrogen-bond donors (Lipinski definition) is 3. The molecule has 0 saturated carbocycles. The van der Waals surface area contributed by atoms with Crippen LogP contribution in [0.15, 0.2) is 30.3 Å². The van der Waals surface area contributed by atoms with Gasteiger partial charge in [0.2, 0.25) is 0 Å². The molecular weight excluding hydrogens is 233 g/mol. The quantitative estimate of drug-likeness (QED) is 0.748. The Morgan fingerprint density at radius 3 is 2.61 bits per heavy atom. The van der Waals surface area contributed by atoms with Crippen molar-refractivity contribution in [2.24, 2.45) is 0 Å². The van der Waals surface area contributed by atoms with Crippen molar-refractivity contribution in [2.45, 2.75) is 0 Å². The number of nitrogens with zero attached hydrogens (tertiary/aromatic N) is 2. The molecule has 18 heavy (non-hydrogen) atoms. The number of nitriles is 1. The molecule has 2 aromatic rings. The summed E-state index contributed by atoms with van der Waals surface area (Å²) in [5, 5.41) is 11.4. The van der Waals surface area contributed by atoms with Crippen molar-refractivity contribution in [2.75, 3.05) is 16.8 Å². The van der Waals surface area contributed by atoms with Gasteiger partial charge in [0.05, 0.1) is 23.0 Å². The van der Waals surface area contributed by atoms with Crippen LogP contribution < -0.4 is 16.8 Å². The molecule has 0 bridgehead atoms. The molecule has 0 radical (unpaired) electrons. The van der Waals surface area contributed by atoms with Gasteiger partial charge in [0.15, 0.2) is 0 Å². The highest BCUT2D eigenvalue weighted by molar-refractivity contribution is 5.65. The summed E-state index contributed by atoms with van der Waals surface area (Å²) >= 11 is 0. The van der Waals surface area contributed by atoms with E-state index in [-0.39, 0.29) is 17.1 Å². The molecule has 0 atom stereocenters. The number of pyridine rings is 1. The third-order valence-electron chi connectivity index (χ3n) is 2.32. The minimum absolute atomic E-state index is 0.175. The van der Waals surface area contributed by atoms with Gasteiger partial charge < -0.3 is 16.8 Å². The van der Waals surface area contributed by atoms with Crippen LogP contribution in [-0.4, -0.2) is 4.98 Å². The number of rotatable bonds is 2. The smallest absolute Gasteiger partial charge is 0.149 e. The van der Waals surface area contributed by atoms with Gasteiger partial charge in [-0.3, -0.25) is 0 Å². The zero-order valence-electron chi connectivity index (χ0n) is 9.31. The molecule has 0 saturated heterocycles. The molecule has 0 aliphatic heterocycles. The summed E-state index contributed by atoms with van der Waals surface area (Å²) in [6.45, 7) is 0. The lowest BCUT2D eigenvalue weighted by molar-refractivity contribution is 0.631. The summed E-state index contributed by atoms with van der Waals surface area (Å²) in [7, 11) is 0. The van der Waals surface area contributed by atoms with E-state index >= 15 is 0 Å². The van der Waals surface area contributed by atoms with E-state index < -0.39 is 5.82 Å². The third kappa shape index (κ3) is 2.30. The fourth-order valence-electron chi connectivity index (χ4n) is 1.38. The zero-order valence-corrected chi connectivity index (χ0v) is 9.31. The first-order valence-electron chi connectivity index (χ1n) is 5.09. The average molecular weight is 243 g/mol. The van der Waals surface area contributed by atoms with Crippen LogP contribution >= 0.6 is 0 Å². The highest BCUT2D eigenvalue weighted by Crippen LogP contribution is 2.22. The monoisotopic (exact) mass is 243 g/mol. The number of benzene rings is 1. The Morgan fingerprint density at radius 1 is 1.22 bits per heavy atom. The average Bonchev–Trinajstić information content (AvgIpc) is 2.36. The van der Waals surface area contributed by atoms with E-state index in [0.717, 1.165) is 6.07 Å². The van der Waals surface area contributed by atoms with Crippen molar-refractivity contribution in [1.29, 1.82) is 5.26 Å². The standard InChI is InChI=1S/C12H10FN5/c13-8-5-7(6-14)1-3-10(8)17-11-4-2-9(15)12(16)18-11/h1-5H,15H2,(H3,16,17,18). The highest BCUT2D eigenvalue weighted by Gasteiger charge is 2.05. The number of aromatic nitrogens is 1. The van der Waals surface area contributed by atoms with Gasteiger partial charge in [0, 0.05) is 0 Å². The molecule has 0 unspecified atom stereocenters. The molecule has 0 fully saturated rings. The second-order valence-corrected chi connectivity index (χ2v) is 3.60. The maximum Gasteiger partial charge on any atom is 0.149 e. The SMILES string of the molecule is N#Cc1ccc(Nc2ccc(N)c(N)n2)c(F)c1. The van der Waals surface area contributed by atoms with Gasteiger partial charge in [-0.15, -0.1) is 0 Å². The second kappa shape index (κ2) is 4.59. The van der Waals surface area contributed by atoms with Crippen LogP contribution in [0.3, 0.4) is 0 Å². The van der Waals surface area contributed by atoms with E-state index in [2.05, 4.69) is 10.3 Å². The largest absolute Gasteiger partial charge is 0.396 e. The van der Waals surface area contributed by atoms with Crippen LogP contribution in [-0.2, 0) is 0 Å². The Kier molecular flexibility index (Phi) is 2.98. The van der Waals surface area contributed by atoms with Gasteiger partial charge in [-0.25, -0.2) is 9.37 Å². The molecule has 1 aromatic carbocycles. The van der Waals surface area contributed by atoms with Crippen LogP contribution in [0.2, 0.25) is 0 Å². The summed E-state index contributed by atoms with van der Waals surface area (Å²) in [6.07, 6.45) is 0.